The maximum absolute atomic E-state index is 6.08. The van der Waals surface area contributed by atoms with Crippen molar-refractivity contribution in [2.24, 2.45) is 5.10 Å². The highest BCUT2D eigenvalue weighted by Crippen LogP contribution is 2.36. The molecule has 20 heavy (non-hydrogen) atoms. The van der Waals surface area contributed by atoms with Crippen molar-refractivity contribution in [1.82, 2.24) is 5.43 Å². The van der Waals surface area contributed by atoms with Crippen LogP contribution in [0, 0.1) is 0 Å². The Balaban J connectivity index is 1.85. The van der Waals surface area contributed by atoms with Crippen molar-refractivity contribution in [3.8, 4) is 0 Å². The zero-order valence-electron chi connectivity index (χ0n) is 12.4. The monoisotopic (exact) mass is 273 g/mol. The van der Waals surface area contributed by atoms with Gasteiger partial charge in [-0.05, 0) is 45.3 Å². The molecule has 0 aromatic heterocycles. The van der Waals surface area contributed by atoms with Crippen molar-refractivity contribution in [1.29, 1.82) is 0 Å². The summed E-state index contributed by atoms with van der Waals surface area (Å²) in [6, 6.07) is 8.18. The molecule has 0 spiro atoms. The van der Waals surface area contributed by atoms with Gasteiger partial charge < -0.3 is 14.2 Å². The van der Waals surface area contributed by atoms with E-state index in [1.165, 1.54) is 0 Å². The quantitative estimate of drug-likeness (QED) is 0.825. The van der Waals surface area contributed by atoms with Gasteiger partial charge >= 0.3 is 7.12 Å². The summed E-state index contributed by atoms with van der Waals surface area (Å²) in [6.45, 7) is 8.94. The molecule has 0 aliphatic carbocycles. The molecule has 3 rings (SSSR count). The van der Waals surface area contributed by atoms with Crippen LogP contribution in [0.2, 0.25) is 0 Å². The molecule has 106 valence electrons. The Hall–Kier alpha value is -1.53. The molecule has 2 heterocycles. The van der Waals surface area contributed by atoms with Gasteiger partial charge in [-0.25, -0.2) is 0 Å². The van der Waals surface area contributed by atoms with Gasteiger partial charge in [-0.15, -0.1) is 0 Å². The normalized spacial score (nSPS) is 23.2. The highest BCUT2D eigenvalue weighted by molar-refractivity contribution is 6.62. The molecular weight excluding hydrogens is 253 g/mol. The standard InChI is InChI=1S/C14H20BN3O2/c1-13(2)14(3,4)20-15(19-13)11-6-5-7-12(8-11)18-9-16-17-10-18/h5-9,17H,10H2,1-4H3. The Morgan fingerprint density at radius 3 is 2.50 bits per heavy atom. The van der Waals surface area contributed by atoms with Gasteiger partial charge in [0.1, 0.15) is 13.0 Å². The first-order chi connectivity index (χ1) is 9.39. The fourth-order valence-electron chi connectivity index (χ4n) is 2.26. The van der Waals surface area contributed by atoms with Crippen LogP contribution in [-0.2, 0) is 9.31 Å². The van der Waals surface area contributed by atoms with Gasteiger partial charge in [0.2, 0.25) is 0 Å². The maximum atomic E-state index is 6.08. The van der Waals surface area contributed by atoms with Gasteiger partial charge in [-0.1, -0.05) is 12.1 Å². The third-order valence-electron chi connectivity index (χ3n) is 4.26. The van der Waals surface area contributed by atoms with Crippen molar-refractivity contribution in [2.75, 3.05) is 11.6 Å². The summed E-state index contributed by atoms with van der Waals surface area (Å²) in [5, 5.41) is 4.00. The third kappa shape index (κ3) is 2.19. The summed E-state index contributed by atoms with van der Waals surface area (Å²) < 4.78 is 12.2. The summed E-state index contributed by atoms with van der Waals surface area (Å²) in [7, 11) is -0.326. The second kappa shape index (κ2) is 4.50. The number of hydrogen-bond acceptors (Lipinski definition) is 5. The van der Waals surface area contributed by atoms with Crippen molar-refractivity contribution in [3.05, 3.63) is 24.3 Å². The van der Waals surface area contributed by atoms with E-state index in [2.05, 4.69) is 44.3 Å². The minimum absolute atomic E-state index is 0.315. The van der Waals surface area contributed by atoms with Crippen molar-refractivity contribution in [3.63, 3.8) is 0 Å². The van der Waals surface area contributed by atoms with E-state index in [-0.39, 0.29) is 18.3 Å². The number of benzene rings is 1. The fourth-order valence-corrected chi connectivity index (χ4v) is 2.26. The van der Waals surface area contributed by atoms with E-state index < -0.39 is 0 Å². The third-order valence-corrected chi connectivity index (χ3v) is 4.26. The van der Waals surface area contributed by atoms with E-state index in [4.69, 9.17) is 9.31 Å². The molecule has 0 saturated carbocycles. The minimum Gasteiger partial charge on any atom is -0.399 e. The smallest absolute Gasteiger partial charge is 0.399 e. The Bertz CT molecular complexity index is 529. The molecule has 2 aliphatic heterocycles. The number of nitrogens with zero attached hydrogens (tertiary/aromatic N) is 2. The highest BCUT2D eigenvalue weighted by atomic mass is 16.7. The molecule has 1 N–H and O–H groups in total. The predicted molar refractivity (Wildman–Crippen MR) is 81.1 cm³/mol. The van der Waals surface area contributed by atoms with Gasteiger partial charge in [0, 0.05) is 5.69 Å². The van der Waals surface area contributed by atoms with Crippen molar-refractivity contribution in [2.45, 2.75) is 38.9 Å². The van der Waals surface area contributed by atoms with Crippen LogP contribution in [-0.4, -0.2) is 31.3 Å². The average molecular weight is 273 g/mol. The number of rotatable bonds is 2. The molecule has 0 atom stereocenters. The predicted octanol–water partition coefficient (Wildman–Crippen LogP) is 1.30. The van der Waals surface area contributed by atoms with Crippen LogP contribution >= 0.6 is 0 Å². The van der Waals surface area contributed by atoms with Gasteiger partial charge in [0.15, 0.2) is 0 Å². The Labute approximate surface area is 120 Å². The lowest BCUT2D eigenvalue weighted by atomic mass is 9.79. The molecule has 1 saturated heterocycles. The Morgan fingerprint density at radius 2 is 1.90 bits per heavy atom. The SMILES string of the molecule is CC1(C)OB(c2cccc(N3C=NNC3)c2)OC1(C)C. The molecule has 1 aromatic carbocycles. The van der Waals surface area contributed by atoms with Crippen molar-refractivity contribution < 1.29 is 9.31 Å². The Kier molecular flexibility index (Phi) is 3.03. The lowest BCUT2D eigenvalue weighted by Crippen LogP contribution is -2.41. The van der Waals surface area contributed by atoms with Crippen LogP contribution in [0.5, 0.6) is 0 Å². The van der Waals surface area contributed by atoms with Crippen LogP contribution in [0.1, 0.15) is 27.7 Å². The summed E-state index contributed by atoms with van der Waals surface area (Å²) in [4.78, 5) is 2.04. The molecule has 5 nitrogen and oxygen atoms in total. The van der Waals surface area contributed by atoms with E-state index in [0.29, 0.717) is 6.67 Å². The van der Waals surface area contributed by atoms with Crippen LogP contribution in [0.4, 0.5) is 5.69 Å². The summed E-state index contributed by atoms with van der Waals surface area (Å²) >= 11 is 0. The molecule has 0 unspecified atom stereocenters. The van der Waals surface area contributed by atoms with Gasteiger partial charge in [-0.2, -0.15) is 5.10 Å². The zero-order valence-corrected chi connectivity index (χ0v) is 12.4. The maximum Gasteiger partial charge on any atom is 0.494 e. The Morgan fingerprint density at radius 1 is 1.20 bits per heavy atom. The fraction of sp³-hybridized carbons (Fsp3) is 0.500. The highest BCUT2D eigenvalue weighted by Gasteiger charge is 2.51. The first kappa shape index (κ1) is 13.5. The number of hydrazone groups is 1. The largest absolute Gasteiger partial charge is 0.494 e. The molecule has 2 aliphatic rings. The number of nitrogens with one attached hydrogen (secondary N) is 1. The minimum atomic E-state index is -0.326. The van der Waals surface area contributed by atoms with Crippen LogP contribution in [0.3, 0.4) is 0 Å². The first-order valence-electron chi connectivity index (χ1n) is 6.87. The van der Waals surface area contributed by atoms with E-state index >= 15 is 0 Å². The second-order valence-corrected chi connectivity index (χ2v) is 6.21. The second-order valence-electron chi connectivity index (χ2n) is 6.21. The molecule has 0 bridgehead atoms. The average Bonchev–Trinajstić information content (AvgIpc) is 2.97. The van der Waals surface area contributed by atoms with E-state index in [0.717, 1.165) is 11.2 Å². The van der Waals surface area contributed by atoms with Crippen LogP contribution in [0.25, 0.3) is 0 Å². The lowest BCUT2D eigenvalue weighted by molar-refractivity contribution is 0.00578. The molecule has 0 radical (unpaired) electrons. The van der Waals surface area contributed by atoms with Crippen LogP contribution in [0.15, 0.2) is 29.4 Å². The molecular formula is C14H20BN3O2. The van der Waals surface area contributed by atoms with Crippen LogP contribution < -0.4 is 15.8 Å². The zero-order chi connectivity index (χ0) is 14.4. The summed E-state index contributed by atoms with van der Waals surface area (Å²) in [5.74, 6) is 0. The van der Waals surface area contributed by atoms with Crippen molar-refractivity contribution >= 4 is 24.6 Å². The van der Waals surface area contributed by atoms with Gasteiger partial charge in [0.05, 0.1) is 11.2 Å². The number of hydrogen-bond donors (Lipinski definition) is 1. The topological polar surface area (TPSA) is 46.1 Å². The lowest BCUT2D eigenvalue weighted by Gasteiger charge is -2.32. The molecule has 0 amide bonds. The van der Waals surface area contributed by atoms with Gasteiger partial charge in [-0.3, -0.25) is 5.43 Å². The van der Waals surface area contributed by atoms with Gasteiger partial charge in [0.25, 0.3) is 0 Å². The van der Waals surface area contributed by atoms with E-state index in [1.54, 1.807) is 6.34 Å². The number of anilines is 1. The summed E-state index contributed by atoms with van der Waals surface area (Å²) in [5.41, 5.74) is 4.39. The summed E-state index contributed by atoms with van der Waals surface area (Å²) in [6.07, 6.45) is 1.78. The molecule has 6 heteroatoms. The van der Waals surface area contributed by atoms with E-state index in [1.807, 2.05) is 23.1 Å². The first-order valence-corrected chi connectivity index (χ1v) is 6.87. The van der Waals surface area contributed by atoms with E-state index in [9.17, 15) is 0 Å². The molecule has 1 fully saturated rings. The molecule has 1 aromatic rings.